The second-order valence-corrected chi connectivity index (χ2v) is 9.02. The van der Waals surface area contributed by atoms with Gasteiger partial charge in [0.1, 0.15) is 23.9 Å². The fraction of sp³-hybridized carbons (Fsp3) is 0.333. The summed E-state index contributed by atoms with van der Waals surface area (Å²) in [6.45, 7) is 3.38. The van der Waals surface area contributed by atoms with E-state index in [0.29, 0.717) is 34.9 Å². The first-order chi connectivity index (χ1) is 18.1. The summed E-state index contributed by atoms with van der Waals surface area (Å²) in [7, 11) is 3.00. The number of carboxylic acids is 1. The van der Waals surface area contributed by atoms with Gasteiger partial charge < -0.3 is 25.2 Å². The predicted octanol–water partition coefficient (Wildman–Crippen LogP) is 3.43. The van der Waals surface area contributed by atoms with Gasteiger partial charge in [0.25, 0.3) is 5.91 Å². The molecule has 0 spiro atoms. The Kier molecular flexibility index (Phi) is 9.42. The zero-order chi connectivity index (χ0) is 27.8. The number of nitrogens with one attached hydrogen (secondary N) is 2. The predicted molar refractivity (Wildman–Crippen MR) is 138 cm³/mol. The van der Waals surface area contributed by atoms with Gasteiger partial charge in [-0.2, -0.15) is 5.10 Å². The average molecular weight is 527 g/mol. The van der Waals surface area contributed by atoms with Crippen LogP contribution in [0.3, 0.4) is 0 Å². The van der Waals surface area contributed by atoms with Gasteiger partial charge in [-0.15, -0.1) is 0 Å². The number of rotatable bonds is 12. The minimum atomic E-state index is -1.16. The molecule has 3 N–H and O–H groups in total. The van der Waals surface area contributed by atoms with E-state index >= 15 is 0 Å². The van der Waals surface area contributed by atoms with Gasteiger partial charge in [0, 0.05) is 12.5 Å². The van der Waals surface area contributed by atoms with E-state index in [-0.39, 0.29) is 18.0 Å². The minimum absolute atomic E-state index is 0.0249. The molecule has 0 saturated heterocycles. The maximum absolute atomic E-state index is 14.1. The Balaban J connectivity index is 2.02. The minimum Gasteiger partial charge on any atom is -0.496 e. The van der Waals surface area contributed by atoms with Crippen LogP contribution in [0.25, 0.3) is 16.9 Å². The summed E-state index contributed by atoms with van der Waals surface area (Å²) in [4.78, 5) is 36.4. The molecular formula is C27H31FN4O6. The largest absolute Gasteiger partial charge is 0.496 e. The summed E-state index contributed by atoms with van der Waals surface area (Å²) in [5.74, 6) is -1.62. The molecule has 10 nitrogen and oxygen atoms in total. The maximum Gasteiger partial charge on any atom is 0.322 e. The van der Waals surface area contributed by atoms with Gasteiger partial charge in [-0.3, -0.25) is 14.4 Å². The van der Waals surface area contributed by atoms with Crippen molar-refractivity contribution in [2.45, 2.75) is 32.7 Å². The van der Waals surface area contributed by atoms with Gasteiger partial charge in [0.2, 0.25) is 5.91 Å². The molecule has 0 aliphatic heterocycles. The lowest BCUT2D eigenvalue weighted by molar-refractivity contribution is -0.138. The van der Waals surface area contributed by atoms with Gasteiger partial charge >= 0.3 is 5.97 Å². The molecule has 0 radical (unpaired) electrons. The fourth-order valence-electron chi connectivity index (χ4n) is 4.07. The molecule has 11 heteroatoms. The molecule has 38 heavy (non-hydrogen) atoms. The molecule has 1 atom stereocenters. The van der Waals surface area contributed by atoms with Gasteiger partial charge in [0.15, 0.2) is 5.69 Å². The second kappa shape index (κ2) is 12.7. The highest BCUT2D eigenvalue weighted by Gasteiger charge is 2.25. The van der Waals surface area contributed by atoms with Gasteiger partial charge in [-0.05, 0) is 48.7 Å². The van der Waals surface area contributed by atoms with Crippen molar-refractivity contribution in [2.24, 2.45) is 5.92 Å². The zero-order valence-corrected chi connectivity index (χ0v) is 21.7. The molecule has 1 heterocycles. The van der Waals surface area contributed by atoms with Crippen LogP contribution in [0.5, 0.6) is 11.5 Å². The van der Waals surface area contributed by atoms with Gasteiger partial charge in [0.05, 0.1) is 31.2 Å². The Morgan fingerprint density at radius 2 is 1.71 bits per heavy atom. The molecule has 0 saturated carbocycles. The molecule has 2 amide bonds. The number of halogens is 1. The summed E-state index contributed by atoms with van der Waals surface area (Å²) in [5.41, 5.74) is 1.34. The lowest BCUT2D eigenvalue weighted by Crippen LogP contribution is -2.41. The first kappa shape index (κ1) is 28.2. The van der Waals surface area contributed by atoms with Crippen LogP contribution in [0.1, 0.15) is 37.2 Å². The third-order valence-electron chi connectivity index (χ3n) is 5.64. The van der Waals surface area contributed by atoms with Crippen molar-refractivity contribution in [3.63, 3.8) is 0 Å². The van der Waals surface area contributed by atoms with E-state index < -0.39 is 36.2 Å². The van der Waals surface area contributed by atoms with Crippen molar-refractivity contribution in [3.8, 4) is 28.4 Å². The number of amides is 2. The van der Waals surface area contributed by atoms with Gasteiger partial charge in [-0.25, -0.2) is 9.07 Å². The number of aliphatic carboxylic acids is 1. The SMILES string of the molecule is COc1cccc(OC)c1-c1cc(C(=O)N[C@H](CC(=O)NCC(=O)O)CC(C)C)nn1-c1cccc(F)c1. The normalized spacial score (nSPS) is 11.6. The van der Waals surface area contributed by atoms with Crippen LogP contribution >= 0.6 is 0 Å². The number of carboxylic acid groups (broad SMARTS) is 1. The summed E-state index contributed by atoms with van der Waals surface area (Å²) in [6.07, 6.45) is 0.374. The van der Waals surface area contributed by atoms with Crippen molar-refractivity contribution in [2.75, 3.05) is 20.8 Å². The number of hydrogen-bond donors (Lipinski definition) is 3. The molecule has 0 unspecified atom stereocenters. The monoisotopic (exact) mass is 526 g/mol. The molecular weight excluding hydrogens is 495 g/mol. The Morgan fingerprint density at radius 1 is 1.05 bits per heavy atom. The topological polar surface area (TPSA) is 132 Å². The van der Waals surface area contributed by atoms with Crippen molar-refractivity contribution < 1.29 is 33.4 Å². The van der Waals surface area contributed by atoms with Crippen molar-refractivity contribution in [1.29, 1.82) is 0 Å². The molecule has 2 aromatic carbocycles. The van der Waals surface area contributed by atoms with E-state index in [1.807, 2.05) is 13.8 Å². The van der Waals surface area contributed by atoms with E-state index in [9.17, 15) is 18.8 Å². The Labute approximate surface area is 219 Å². The fourth-order valence-corrected chi connectivity index (χ4v) is 4.07. The van der Waals surface area contributed by atoms with Crippen LogP contribution in [0.4, 0.5) is 4.39 Å². The van der Waals surface area contributed by atoms with E-state index in [1.165, 1.54) is 43.2 Å². The summed E-state index contributed by atoms with van der Waals surface area (Å²) in [5, 5.41) is 18.4. The number of carbonyl (C=O) groups is 3. The van der Waals surface area contributed by atoms with Crippen molar-refractivity contribution in [3.05, 3.63) is 60.0 Å². The zero-order valence-electron chi connectivity index (χ0n) is 21.7. The molecule has 3 aromatic rings. The second-order valence-electron chi connectivity index (χ2n) is 9.02. The van der Waals surface area contributed by atoms with Crippen molar-refractivity contribution >= 4 is 17.8 Å². The summed E-state index contributed by atoms with van der Waals surface area (Å²) < 4.78 is 26.6. The van der Waals surface area contributed by atoms with E-state index in [2.05, 4.69) is 15.7 Å². The summed E-state index contributed by atoms with van der Waals surface area (Å²) in [6, 6.07) is 12.0. The maximum atomic E-state index is 14.1. The molecule has 3 rings (SSSR count). The smallest absolute Gasteiger partial charge is 0.322 e. The number of hydrogen-bond acceptors (Lipinski definition) is 6. The number of ether oxygens (including phenoxy) is 2. The molecule has 0 aliphatic rings. The number of carbonyl (C=O) groups excluding carboxylic acids is 2. The lowest BCUT2D eigenvalue weighted by atomic mass is 10.0. The number of benzene rings is 2. The quantitative estimate of drug-likeness (QED) is 0.329. The molecule has 202 valence electrons. The molecule has 0 bridgehead atoms. The van der Waals surface area contributed by atoms with Crippen LogP contribution in [-0.4, -0.2) is 59.5 Å². The van der Waals surface area contributed by atoms with Crippen LogP contribution < -0.4 is 20.1 Å². The average Bonchev–Trinajstić information content (AvgIpc) is 3.31. The Bertz CT molecular complexity index is 1280. The first-order valence-corrected chi connectivity index (χ1v) is 12.0. The highest BCUT2D eigenvalue weighted by Crippen LogP contribution is 2.39. The molecule has 0 fully saturated rings. The molecule has 1 aromatic heterocycles. The van der Waals surface area contributed by atoms with Crippen LogP contribution in [0.15, 0.2) is 48.5 Å². The van der Waals surface area contributed by atoms with Crippen LogP contribution in [0.2, 0.25) is 0 Å². The van der Waals surface area contributed by atoms with E-state index in [4.69, 9.17) is 14.6 Å². The lowest BCUT2D eigenvalue weighted by Gasteiger charge is -2.19. The first-order valence-electron chi connectivity index (χ1n) is 12.0. The third-order valence-corrected chi connectivity index (χ3v) is 5.64. The number of methoxy groups -OCH3 is 2. The Morgan fingerprint density at radius 3 is 2.29 bits per heavy atom. The highest BCUT2D eigenvalue weighted by atomic mass is 19.1. The number of aromatic nitrogens is 2. The van der Waals surface area contributed by atoms with Gasteiger partial charge in [-0.1, -0.05) is 26.0 Å². The molecule has 0 aliphatic carbocycles. The Hall–Kier alpha value is -4.41. The van der Waals surface area contributed by atoms with Crippen molar-refractivity contribution in [1.82, 2.24) is 20.4 Å². The van der Waals surface area contributed by atoms with E-state index in [0.717, 1.165) is 0 Å². The van der Waals surface area contributed by atoms with E-state index in [1.54, 1.807) is 24.3 Å². The van der Waals surface area contributed by atoms with Crippen LogP contribution in [0, 0.1) is 11.7 Å². The third kappa shape index (κ3) is 7.09. The standard InChI is InChI=1S/C27H31FN4O6/c1-16(2)11-18(13-24(33)29-15-25(34)35)30-27(36)20-14-21(26-22(37-3)9-6-10-23(26)38-4)32(31-20)19-8-5-7-17(28)12-19/h5-10,12,14,16,18H,11,13,15H2,1-4H3,(H,29,33)(H,30,36)(H,34,35)/t18-/m0/s1. The van der Waals surface area contributed by atoms with Crippen LogP contribution in [-0.2, 0) is 9.59 Å². The summed E-state index contributed by atoms with van der Waals surface area (Å²) >= 11 is 0. The highest BCUT2D eigenvalue weighted by molar-refractivity contribution is 5.95. The number of nitrogens with zero attached hydrogens (tertiary/aromatic N) is 2.